The molecule has 2 aromatic rings. The highest BCUT2D eigenvalue weighted by Crippen LogP contribution is 2.28. The molecular weight excluding hydrogens is 438 g/mol. The molecule has 8 nitrogen and oxygen atoms in total. The van der Waals surface area contributed by atoms with Crippen LogP contribution in [0.4, 0.5) is 5.69 Å². The molecule has 2 fully saturated rings. The molecule has 0 N–H and O–H groups in total. The number of likely N-dealkylation sites (tertiary alicyclic amines) is 1. The van der Waals surface area contributed by atoms with Gasteiger partial charge in [0.1, 0.15) is 0 Å². The van der Waals surface area contributed by atoms with Crippen LogP contribution < -0.4 is 4.90 Å². The van der Waals surface area contributed by atoms with Gasteiger partial charge in [0.05, 0.1) is 16.3 Å². The highest BCUT2D eigenvalue weighted by molar-refractivity contribution is 7.89. The van der Waals surface area contributed by atoms with E-state index in [0.29, 0.717) is 50.2 Å². The van der Waals surface area contributed by atoms with Crippen LogP contribution in [0.15, 0.2) is 35.5 Å². The number of carbonyl (C=O) groups is 1. The molecular formula is C21H28ClN5O3S. The van der Waals surface area contributed by atoms with E-state index in [1.165, 1.54) is 15.2 Å². The van der Waals surface area contributed by atoms with Gasteiger partial charge in [-0.1, -0.05) is 30.7 Å². The largest absolute Gasteiger partial charge is 0.368 e. The Labute approximate surface area is 188 Å². The number of sulfonamides is 1. The summed E-state index contributed by atoms with van der Waals surface area (Å²) in [6.07, 6.45) is 3.38. The molecule has 2 aliphatic rings. The number of rotatable bonds is 4. The molecule has 0 unspecified atom stereocenters. The van der Waals surface area contributed by atoms with Crippen molar-refractivity contribution in [3.8, 4) is 0 Å². The number of amides is 1. The Kier molecular flexibility index (Phi) is 6.27. The van der Waals surface area contributed by atoms with Gasteiger partial charge in [-0.2, -0.15) is 9.40 Å². The normalized spacial score (nSPS) is 19.1. The van der Waals surface area contributed by atoms with Crippen molar-refractivity contribution in [2.75, 3.05) is 44.2 Å². The maximum absolute atomic E-state index is 13.4. The molecule has 1 amide bonds. The maximum Gasteiger partial charge on any atom is 0.263 e. The molecule has 2 aliphatic heterocycles. The minimum Gasteiger partial charge on any atom is -0.368 e. The maximum atomic E-state index is 13.4. The molecule has 0 bridgehead atoms. The molecule has 168 valence electrons. The Morgan fingerprint density at radius 3 is 2.35 bits per heavy atom. The van der Waals surface area contributed by atoms with Gasteiger partial charge in [0, 0.05) is 52.5 Å². The second-order valence-corrected chi connectivity index (χ2v) is 10.6. The van der Waals surface area contributed by atoms with Gasteiger partial charge < -0.3 is 9.80 Å². The monoisotopic (exact) mass is 465 g/mol. The highest BCUT2D eigenvalue weighted by atomic mass is 35.5. The molecule has 2 saturated heterocycles. The lowest BCUT2D eigenvalue weighted by molar-refractivity contribution is 0.0693. The first kappa shape index (κ1) is 22.1. The van der Waals surface area contributed by atoms with Gasteiger partial charge in [0.15, 0.2) is 0 Å². The van der Waals surface area contributed by atoms with Crippen molar-refractivity contribution in [3.05, 3.63) is 41.0 Å². The highest BCUT2D eigenvalue weighted by Gasteiger charge is 2.36. The van der Waals surface area contributed by atoms with Crippen LogP contribution >= 0.6 is 11.6 Å². The summed E-state index contributed by atoms with van der Waals surface area (Å²) in [6.45, 7) is 5.10. The molecule has 0 radical (unpaired) electrons. The van der Waals surface area contributed by atoms with E-state index >= 15 is 0 Å². The van der Waals surface area contributed by atoms with Crippen molar-refractivity contribution in [3.63, 3.8) is 0 Å². The van der Waals surface area contributed by atoms with E-state index in [9.17, 15) is 13.2 Å². The first-order valence-corrected chi connectivity index (χ1v) is 12.4. The Morgan fingerprint density at radius 1 is 1.06 bits per heavy atom. The molecule has 3 heterocycles. The number of piperazine rings is 1. The minimum absolute atomic E-state index is 0.148. The molecule has 0 aliphatic carbocycles. The Hall–Kier alpha value is -2.10. The molecule has 0 spiro atoms. The number of aromatic nitrogens is 2. The van der Waals surface area contributed by atoms with E-state index in [1.54, 1.807) is 11.9 Å². The predicted octanol–water partition coefficient (Wildman–Crippen LogP) is 2.46. The third-order valence-corrected chi connectivity index (χ3v) is 8.27. The lowest BCUT2D eigenvalue weighted by Gasteiger charge is -2.35. The van der Waals surface area contributed by atoms with Crippen molar-refractivity contribution in [2.45, 2.75) is 24.8 Å². The number of carbonyl (C=O) groups excluding carboxylic acids is 1. The van der Waals surface area contributed by atoms with E-state index in [-0.39, 0.29) is 16.5 Å². The van der Waals surface area contributed by atoms with Crippen molar-refractivity contribution in [1.82, 2.24) is 19.0 Å². The Balaban J connectivity index is 1.52. The zero-order valence-electron chi connectivity index (χ0n) is 17.9. The summed E-state index contributed by atoms with van der Waals surface area (Å²) in [6, 6.07) is 7.54. The summed E-state index contributed by atoms with van der Waals surface area (Å²) in [5.74, 6) is 0.323. The third kappa shape index (κ3) is 4.44. The van der Waals surface area contributed by atoms with E-state index in [2.05, 4.69) is 16.9 Å². The SMILES string of the molecule is CC1CCN(C(=O)c2cn(C)nc2S(=O)(=O)N2CCN(c3ccccc3Cl)CC2)CC1. The van der Waals surface area contributed by atoms with Crippen LogP contribution in [0, 0.1) is 5.92 Å². The molecule has 1 aromatic heterocycles. The number of anilines is 1. The average Bonchev–Trinajstić information content (AvgIpc) is 3.17. The lowest BCUT2D eigenvalue weighted by Crippen LogP contribution is -2.49. The van der Waals surface area contributed by atoms with Crippen LogP contribution in [0.3, 0.4) is 0 Å². The number of hydrogen-bond acceptors (Lipinski definition) is 5. The fourth-order valence-corrected chi connectivity index (χ4v) is 5.98. The smallest absolute Gasteiger partial charge is 0.263 e. The number of hydrogen-bond donors (Lipinski definition) is 0. The minimum atomic E-state index is -3.89. The number of para-hydroxylation sites is 1. The summed E-state index contributed by atoms with van der Waals surface area (Å²) < 4.78 is 29.6. The van der Waals surface area contributed by atoms with E-state index in [0.717, 1.165) is 18.5 Å². The van der Waals surface area contributed by atoms with E-state index in [1.807, 2.05) is 24.3 Å². The van der Waals surface area contributed by atoms with Gasteiger partial charge in [-0.05, 0) is 30.9 Å². The van der Waals surface area contributed by atoms with Crippen LogP contribution in [0.25, 0.3) is 0 Å². The van der Waals surface area contributed by atoms with Crippen molar-refractivity contribution >= 4 is 33.2 Å². The standard InChI is InChI=1S/C21H28ClN5O3S/c1-16-7-9-26(10-8-16)21(28)17-15-24(2)23-20(17)31(29,30)27-13-11-25(12-14-27)19-6-4-3-5-18(19)22/h3-6,15-16H,7-14H2,1-2H3. The molecule has 4 rings (SSSR count). The number of piperidine rings is 1. The van der Waals surface area contributed by atoms with Crippen molar-refractivity contribution in [2.24, 2.45) is 13.0 Å². The second-order valence-electron chi connectivity index (χ2n) is 8.34. The summed E-state index contributed by atoms with van der Waals surface area (Å²) in [5, 5.41) is 4.68. The second kappa shape index (κ2) is 8.80. The van der Waals surface area contributed by atoms with Gasteiger partial charge in [0.25, 0.3) is 15.9 Å². The fraction of sp³-hybridized carbons (Fsp3) is 0.524. The van der Waals surface area contributed by atoms with Gasteiger partial charge in [0.2, 0.25) is 5.03 Å². The first-order chi connectivity index (χ1) is 14.8. The van der Waals surface area contributed by atoms with Crippen LogP contribution in [-0.4, -0.2) is 72.6 Å². The molecule has 0 atom stereocenters. The zero-order chi connectivity index (χ0) is 22.2. The molecule has 1 aromatic carbocycles. The predicted molar refractivity (Wildman–Crippen MR) is 120 cm³/mol. The van der Waals surface area contributed by atoms with Gasteiger partial charge in [-0.25, -0.2) is 8.42 Å². The number of benzene rings is 1. The van der Waals surface area contributed by atoms with Gasteiger partial charge in [-0.15, -0.1) is 0 Å². The third-order valence-electron chi connectivity index (χ3n) is 6.11. The number of halogens is 1. The molecule has 0 saturated carbocycles. The van der Waals surface area contributed by atoms with E-state index < -0.39 is 10.0 Å². The van der Waals surface area contributed by atoms with Crippen LogP contribution in [0.2, 0.25) is 5.02 Å². The topological polar surface area (TPSA) is 78.8 Å². The summed E-state index contributed by atoms with van der Waals surface area (Å²) in [4.78, 5) is 16.9. The molecule has 10 heteroatoms. The van der Waals surface area contributed by atoms with Crippen LogP contribution in [0.5, 0.6) is 0 Å². The average molecular weight is 466 g/mol. The van der Waals surface area contributed by atoms with Crippen molar-refractivity contribution in [1.29, 1.82) is 0 Å². The first-order valence-electron chi connectivity index (χ1n) is 10.6. The quantitative estimate of drug-likeness (QED) is 0.693. The number of aryl methyl sites for hydroxylation is 1. The fourth-order valence-electron chi connectivity index (χ4n) is 4.19. The van der Waals surface area contributed by atoms with Gasteiger partial charge >= 0.3 is 0 Å². The zero-order valence-corrected chi connectivity index (χ0v) is 19.4. The van der Waals surface area contributed by atoms with E-state index in [4.69, 9.17) is 11.6 Å². The van der Waals surface area contributed by atoms with Crippen LogP contribution in [0.1, 0.15) is 30.1 Å². The lowest BCUT2D eigenvalue weighted by atomic mass is 9.99. The summed E-state index contributed by atoms with van der Waals surface area (Å²) in [7, 11) is -2.25. The molecule has 31 heavy (non-hydrogen) atoms. The summed E-state index contributed by atoms with van der Waals surface area (Å²) in [5.41, 5.74) is 1.06. The number of nitrogens with zero attached hydrogens (tertiary/aromatic N) is 5. The Bertz CT molecular complexity index is 1050. The Morgan fingerprint density at radius 2 is 1.71 bits per heavy atom. The summed E-state index contributed by atoms with van der Waals surface area (Å²) >= 11 is 6.29. The van der Waals surface area contributed by atoms with Gasteiger partial charge in [-0.3, -0.25) is 9.48 Å². The van der Waals surface area contributed by atoms with Crippen molar-refractivity contribution < 1.29 is 13.2 Å². The van der Waals surface area contributed by atoms with Crippen LogP contribution in [-0.2, 0) is 17.1 Å².